The molecule has 0 spiro atoms. The van der Waals surface area contributed by atoms with Crippen molar-refractivity contribution in [2.24, 2.45) is 0 Å². The lowest BCUT2D eigenvalue weighted by Gasteiger charge is -2.07. The SMILES string of the molecule is COCc1cccc(OCc2ccc(C(=O)O)cn2)c1. The first-order valence-corrected chi connectivity index (χ1v) is 6.08. The summed E-state index contributed by atoms with van der Waals surface area (Å²) in [5, 5.41) is 8.78. The van der Waals surface area contributed by atoms with Crippen molar-refractivity contribution in [1.29, 1.82) is 0 Å². The maximum Gasteiger partial charge on any atom is 0.337 e. The molecule has 0 amide bonds. The molecule has 0 saturated heterocycles. The smallest absolute Gasteiger partial charge is 0.337 e. The van der Waals surface area contributed by atoms with Gasteiger partial charge in [-0.3, -0.25) is 4.98 Å². The van der Waals surface area contributed by atoms with Gasteiger partial charge in [0.2, 0.25) is 0 Å². The number of nitrogens with zero attached hydrogens (tertiary/aromatic N) is 1. The summed E-state index contributed by atoms with van der Waals surface area (Å²) in [4.78, 5) is 14.8. The number of benzene rings is 1. The summed E-state index contributed by atoms with van der Waals surface area (Å²) in [6.07, 6.45) is 1.32. The maximum absolute atomic E-state index is 10.7. The van der Waals surface area contributed by atoms with E-state index in [-0.39, 0.29) is 12.2 Å². The van der Waals surface area contributed by atoms with Crippen LogP contribution >= 0.6 is 0 Å². The predicted octanol–water partition coefficient (Wildman–Crippen LogP) is 2.51. The summed E-state index contributed by atoms with van der Waals surface area (Å²) in [6, 6.07) is 10.7. The standard InChI is InChI=1S/C15H15NO4/c1-19-9-11-3-2-4-14(7-11)20-10-13-6-5-12(8-16-13)15(17)18/h2-8H,9-10H2,1H3,(H,17,18). The number of carboxylic acid groups (broad SMARTS) is 1. The number of carbonyl (C=O) groups is 1. The lowest BCUT2D eigenvalue weighted by atomic mass is 10.2. The summed E-state index contributed by atoms with van der Waals surface area (Å²) in [5.74, 6) is -0.263. The zero-order chi connectivity index (χ0) is 14.4. The van der Waals surface area contributed by atoms with Gasteiger partial charge in [0.15, 0.2) is 0 Å². The van der Waals surface area contributed by atoms with Gasteiger partial charge in [0, 0.05) is 13.3 Å². The van der Waals surface area contributed by atoms with Crippen LogP contribution in [-0.2, 0) is 18.0 Å². The van der Waals surface area contributed by atoms with Crippen LogP contribution in [0.25, 0.3) is 0 Å². The molecule has 0 aliphatic rings. The van der Waals surface area contributed by atoms with Gasteiger partial charge in [-0.15, -0.1) is 0 Å². The molecule has 1 heterocycles. The molecule has 0 saturated carbocycles. The molecule has 1 aromatic carbocycles. The maximum atomic E-state index is 10.7. The summed E-state index contributed by atoms with van der Waals surface area (Å²) in [7, 11) is 1.64. The number of ether oxygens (including phenoxy) is 2. The summed E-state index contributed by atoms with van der Waals surface area (Å²) >= 11 is 0. The Balaban J connectivity index is 1.97. The molecule has 2 aromatic rings. The van der Waals surface area contributed by atoms with Gasteiger partial charge in [-0.05, 0) is 29.8 Å². The van der Waals surface area contributed by atoms with E-state index in [1.807, 2.05) is 24.3 Å². The van der Waals surface area contributed by atoms with Crippen LogP contribution in [0.15, 0.2) is 42.6 Å². The monoisotopic (exact) mass is 273 g/mol. The molecule has 104 valence electrons. The molecular formula is C15H15NO4. The molecule has 5 nitrogen and oxygen atoms in total. The molecule has 0 atom stereocenters. The zero-order valence-corrected chi connectivity index (χ0v) is 11.1. The van der Waals surface area contributed by atoms with E-state index in [2.05, 4.69) is 4.98 Å². The van der Waals surface area contributed by atoms with E-state index < -0.39 is 5.97 Å². The highest BCUT2D eigenvalue weighted by molar-refractivity contribution is 5.87. The number of aromatic carboxylic acids is 1. The van der Waals surface area contributed by atoms with Crippen LogP contribution in [0.4, 0.5) is 0 Å². The van der Waals surface area contributed by atoms with Crippen molar-refractivity contribution in [2.45, 2.75) is 13.2 Å². The highest BCUT2D eigenvalue weighted by Crippen LogP contribution is 2.15. The lowest BCUT2D eigenvalue weighted by Crippen LogP contribution is -2.02. The third kappa shape index (κ3) is 3.80. The molecule has 0 bridgehead atoms. The van der Waals surface area contributed by atoms with E-state index >= 15 is 0 Å². The van der Waals surface area contributed by atoms with E-state index in [4.69, 9.17) is 14.6 Å². The summed E-state index contributed by atoms with van der Waals surface area (Å²) in [6.45, 7) is 0.819. The van der Waals surface area contributed by atoms with E-state index in [0.29, 0.717) is 12.3 Å². The van der Waals surface area contributed by atoms with Crippen LogP contribution in [0, 0.1) is 0 Å². The van der Waals surface area contributed by atoms with E-state index in [1.54, 1.807) is 13.2 Å². The number of hydrogen-bond donors (Lipinski definition) is 1. The van der Waals surface area contributed by atoms with Gasteiger partial charge in [-0.1, -0.05) is 12.1 Å². The average Bonchev–Trinajstić information content (AvgIpc) is 2.46. The number of methoxy groups -OCH3 is 1. The highest BCUT2D eigenvalue weighted by atomic mass is 16.5. The van der Waals surface area contributed by atoms with Crippen LogP contribution in [0.1, 0.15) is 21.6 Å². The molecule has 0 radical (unpaired) electrons. The van der Waals surface area contributed by atoms with Crippen molar-refractivity contribution >= 4 is 5.97 Å². The number of rotatable bonds is 6. The van der Waals surface area contributed by atoms with E-state index in [0.717, 1.165) is 11.3 Å². The molecule has 20 heavy (non-hydrogen) atoms. The number of carboxylic acids is 1. The zero-order valence-electron chi connectivity index (χ0n) is 11.1. The van der Waals surface area contributed by atoms with Crippen LogP contribution in [-0.4, -0.2) is 23.2 Å². The van der Waals surface area contributed by atoms with Crippen molar-refractivity contribution in [3.05, 3.63) is 59.4 Å². The Morgan fingerprint density at radius 2 is 2.10 bits per heavy atom. The lowest BCUT2D eigenvalue weighted by molar-refractivity contribution is 0.0696. The normalized spacial score (nSPS) is 10.2. The van der Waals surface area contributed by atoms with Crippen molar-refractivity contribution in [3.8, 4) is 5.75 Å². The second kappa shape index (κ2) is 6.68. The Morgan fingerprint density at radius 3 is 2.75 bits per heavy atom. The molecular weight excluding hydrogens is 258 g/mol. The largest absolute Gasteiger partial charge is 0.487 e. The van der Waals surface area contributed by atoms with Gasteiger partial charge >= 0.3 is 5.97 Å². The average molecular weight is 273 g/mol. The van der Waals surface area contributed by atoms with Crippen molar-refractivity contribution in [2.75, 3.05) is 7.11 Å². The minimum Gasteiger partial charge on any atom is -0.487 e. The summed E-state index contributed by atoms with van der Waals surface area (Å²) < 4.78 is 10.7. The minimum atomic E-state index is -0.989. The second-order valence-corrected chi connectivity index (χ2v) is 4.21. The number of hydrogen-bond acceptors (Lipinski definition) is 4. The first kappa shape index (κ1) is 14.0. The second-order valence-electron chi connectivity index (χ2n) is 4.21. The fourth-order valence-electron chi connectivity index (χ4n) is 1.69. The predicted molar refractivity (Wildman–Crippen MR) is 72.7 cm³/mol. The Morgan fingerprint density at radius 1 is 1.25 bits per heavy atom. The molecule has 0 aliphatic carbocycles. The van der Waals surface area contributed by atoms with Crippen molar-refractivity contribution < 1.29 is 19.4 Å². The molecule has 1 aromatic heterocycles. The molecule has 0 aliphatic heterocycles. The van der Waals surface area contributed by atoms with Crippen LogP contribution in [0.3, 0.4) is 0 Å². The number of pyridine rings is 1. The van der Waals surface area contributed by atoms with E-state index in [9.17, 15) is 4.79 Å². The fraction of sp³-hybridized carbons (Fsp3) is 0.200. The molecule has 1 N–H and O–H groups in total. The van der Waals surface area contributed by atoms with Gasteiger partial charge in [0.1, 0.15) is 12.4 Å². The van der Waals surface area contributed by atoms with Crippen LogP contribution in [0.5, 0.6) is 5.75 Å². The van der Waals surface area contributed by atoms with Gasteiger partial charge in [0.05, 0.1) is 17.9 Å². The third-order valence-electron chi connectivity index (χ3n) is 2.67. The number of aromatic nitrogens is 1. The van der Waals surface area contributed by atoms with Gasteiger partial charge in [-0.25, -0.2) is 4.79 Å². The quantitative estimate of drug-likeness (QED) is 0.875. The molecule has 5 heteroatoms. The molecule has 0 unspecified atom stereocenters. The van der Waals surface area contributed by atoms with Crippen LogP contribution < -0.4 is 4.74 Å². The van der Waals surface area contributed by atoms with Gasteiger partial charge in [-0.2, -0.15) is 0 Å². The topological polar surface area (TPSA) is 68.7 Å². The third-order valence-corrected chi connectivity index (χ3v) is 2.67. The van der Waals surface area contributed by atoms with Crippen molar-refractivity contribution in [1.82, 2.24) is 4.98 Å². The highest BCUT2D eigenvalue weighted by Gasteiger charge is 2.03. The summed E-state index contributed by atoms with van der Waals surface area (Å²) in [5.41, 5.74) is 1.86. The molecule has 0 fully saturated rings. The minimum absolute atomic E-state index is 0.163. The van der Waals surface area contributed by atoms with E-state index in [1.165, 1.54) is 12.3 Å². The Kier molecular flexibility index (Phi) is 4.68. The Hall–Kier alpha value is -2.40. The first-order valence-electron chi connectivity index (χ1n) is 6.08. The first-order chi connectivity index (χ1) is 9.69. The molecule has 2 rings (SSSR count). The fourth-order valence-corrected chi connectivity index (χ4v) is 1.69. The van der Waals surface area contributed by atoms with Gasteiger partial charge in [0.25, 0.3) is 0 Å². The Labute approximate surface area is 116 Å². The van der Waals surface area contributed by atoms with Crippen molar-refractivity contribution in [3.63, 3.8) is 0 Å². The van der Waals surface area contributed by atoms with Gasteiger partial charge < -0.3 is 14.6 Å². The Bertz CT molecular complexity index is 581. The van der Waals surface area contributed by atoms with Crippen LogP contribution in [0.2, 0.25) is 0 Å².